The molecule has 18 heavy (non-hydrogen) atoms. The van der Waals surface area contributed by atoms with E-state index in [1.807, 2.05) is 0 Å². The van der Waals surface area contributed by atoms with Gasteiger partial charge in [0.05, 0.1) is 11.3 Å². The summed E-state index contributed by atoms with van der Waals surface area (Å²) in [7, 11) is 0. The van der Waals surface area contributed by atoms with Crippen LogP contribution in [-0.2, 0) is 0 Å². The van der Waals surface area contributed by atoms with E-state index in [2.05, 4.69) is 12.2 Å². The topological polar surface area (TPSA) is 49.3 Å². The lowest BCUT2D eigenvalue weighted by molar-refractivity contribution is 0.0692. The zero-order valence-corrected chi connectivity index (χ0v) is 10.0. The van der Waals surface area contributed by atoms with Crippen LogP contribution in [0.2, 0.25) is 0 Å². The van der Waals surface area contributed by atoms with Crippen LogP contribution in [0.1, 0.15) is 36.5 Å². The number of halogens is 2. The molecule has 2 rings (SSSR count). The molecule has 1 aromatic rings. The monoisotopic (exact) mass is 255 g/mol. The molecule has 5 heteroatoms. The largest absolute Gasteiger partial charge is 0.478 e. The summed E-state index contributed by atoms with van der Waals surface area (Å²) < 4.78 is 26.8. The number of hydrogen-bond acceptors (Lipinski definition) is 2. The molecule has 1 aliphatic carbocycles. The summed E-state index contributed by atoms with van der Waals surface area (Å²) in [6, 6.07) is 1.76. The molecule has 0 bridgehead atoms. The van der Waals surface area contributed by atoms with Crippen molar-refractivity contribution in [1.82, 2.24) is 0 Å². The van der Waals surface area contributed by atoms with Crippen LogP contribution in [0.5, 0.6) is 0 Å². The van der Waals surface area contributed by atoms with Crippen LogP contribution in [0, 0.1) is 17.6 Å². The van der Waals surface area contributed by atoms with Crippen LogP contribution in [0.25, 0.3) is 0 Å². The van der Waals surface area contributed by atoms with Crippen molar-refractivity contribution < 1.29 is 18.7 Å². The average Bonchev–Trinajstić information content (AvgIpc) is 2.67. The molecule has 1 aromatic carbocycles. The maximum Gasteiger partial charge on any atom is 0.338 e. The van der Waals surface area contributed by atoms with Crippen molar-refractivity contribution in [3.63, 3.8) is 0 Å². The molecule has 0 amide bonds. The standard InChI is InChI=1S/C13H15F2NO2/c1-7-3-2-4-11(7)16-12-5-8(13(17)18)9(14)6-10(12)15/h5-7,11,16H,2-4H2,1H3,(H,17,18). The average molecular weight is 255 g/mol. The molecule has 3 nitrogen and oxygen atoms in total. The molecular formula is C13H15F2NO2. The zero-order valence-electron chi connectivity index (χ0n) is 10.0. The van der Waals surface area contributed by atoms with Gasteiger partial charge in [-0.15, -0.1) is 0 Å². The smallest absolute Gasteiger partial charge is 0.338 e. The van der Waals surface area contributed by atoms with E-state index in [1.165, 1.54) is 0 Å². The first-order valence-corrected chi connectivity index (χ1v) is 5.98. The third-order valence-electron chi connectivity index (χ3n) is 3.49. The predicted octanol–water partition coefficient (Wildman–Crippen LogP) is 3.26. The van der Waals surface area contributed by atoms with Crippen molar-refractivity contribution in [2.24, 2.45) is 5.92 Å². The van der Waals surface area contributed by atoms with Gasteiger partial charge in [0.15, 0.2) is 0 Å². The van der Waals surface area contributed by atoms with Crippen LogP contribution < -0.4 is 5.32 Å². The molecule has 2 N–H and O–H groups in total. The maximum atomic E-state index is 13.6. The molecule has 0 aliphatic heterocycles. The Kier molecular flexibility index (Phi) is 3.50. The van der Waals surface area contributed by atoms with Crippen LogP contribution in [-0.4, -0.2) is 17.1 Å². The van der Waals surface area contributed by atoms with Crippen LogP contribution in [0.15, 0.2) is 12.1 Å². The van der Waals surface area contributed by atoms with Gasteiger partial charge in [0.25, 0.3) is 0 Å². The van der Waals surface area contributed by atoms with Crippen LogP contribution >= 0.6 is 0 Å². The fourth-order valence-electron chi connectivity index (χ4n) is 2.38. The van der Waals surface area contributed by atoms with Gasteiger partial charge in [-0.1, -0.05) is 13.3 Å². The Morgan fingerprint density at radius 1 is 1.33 bits per heavy atom. The number of hydrogen-bond donors (Lipinski definition) is 2. The highest BCUT2D eigenvalue weighted by molar-refractivity contribution is 5.89. The van der Waals surface area contributed by atoms with Crippen LogP contribution in [0.3, 0.4) is 0 Å². The Hall–Kier alpha value is -1.65. The van der Waals surface area contributed by atoms with E-state index in [-0.39, 0.29) is 11.7 Å². The van der Waals surface area contributed by atoms with Gasteiger partial charge < -0.3 is 10.4 Å². The van der Waals surface area contributed by atoms with Crippen molar-refractivity contribution in [1.29, 1.82) is 0 Å². The molecule has 2 atom stereocenters. The third kappa shape index (κ3) is 2.44. The summed E-state index contributed by atoms with van der Waals surface area (Å²) in [5.41, 5.74) is -0.447. The summed E-state index contributed by atoms with van der Waals surface area (Å²) in [6.07, 6.45) is 3.04. The summed E-state index contributed by atoms with van der Waals surface area (Å²) in [5.74, 6) is -2.79. The first-order valence-electron chi connectivity index (χ1n) is 5.98. The number of carboxylic acid groups (broad SMARTS) is 1. The zero-order chi connectivity index (χ0) is 13.3. The molecule has 0 spiro atoms. The van der Waals surface area contributed by atoms with Crippen molar-refractivity contribution in [3.8, 4) is 0 Å². The summed E-state index contributed by atoms with van der Waals surface area (Å²) >= 11 is 0. The first-order chi connectivity index (χ1) is 8.49. The summed E-state index contributed by atoms with van der Waals surface area (Å²) in [6.45, 7) is 2.06. The SMILES string of the molecule is CC1CCCC1Nc1cc(C(=O)O)c(F)cc1F. The highest BCUT2D eigenvalue weighted by Crippen LogP contribution is 2.29. The predicted molar refractivity (Wildman–Crippen MR) is 63.7 cm³/mol. The highest BCUT2D eigenvalue weighted by atomic mass is 19.1. The van der Waals surface area contributed by atoms with Gasteiger partial charge in [-0.25, -0.2) is 13.6 Å². The van der Waals surface area contributed by atoms with E-state index < -0.39 is 23.2 Å². The number of nitrogens with one attached hydrogen (secondary N) is 1. The number of carbonyl (C=O) groups is 1. The molecule has 0 aromatic heterocycles. The lowest BCUT2D eigenvalue weighted by Gasteiger charge is -2.19. The minimum absolute atomic E-state index is 0.0625. The molecule has 0 heterocycles. The summed E-state index contributed by atoms with van der Waals surface area (Å²) in [5, 5.41) is 11.8. The molecule has 2 unspecified atom stereocenters. The fraction of sp³-hybridized carbons (Fsp3) is 0.462. The third-order valence-corrected chi connectivity index (χ3v) is 3.49. The first kappa shape index (κ1) is 12.8. The second-order valence-corrected chi connectivity index (χ2v) is 4.78. The van der Waals surface area contributed by atoms with E-state index in [4.69, 9.17) is 5.11 Å². The second-order valence-electron chi connectivity index (χ2n) is 4.78. The number of anilines is 1. The molecule has 1 aliphatic rings. The van der Waals surface area contributed by atoms with Crippen molar-refractivity contribution in [2.45, 2.75) is 32.2 Å². The minimum atomic E-state index is -1.39. The van der Waals surface area contributed by atoms with E-state index >= 15 is 0 Å². The molecule has 0 radical (unpaired) electrons. The van der Waals surface area contributed by atoms with Crippen molar-refractivity contribution in [3.05, 3.63) is 29.3 Å². The lowest BCUT2D eigenvalue weighted by Crippen LogP contribution is -2.22. The Morgan fingerprint density at radius 3 is 2.61 bits per heavy atom. The lowest BCUT2D eigenvalue weighted by atomic mass is 10.1. The fourth-order valence-corrected chi connectivity index (χ4v) is 2.38. The molecular weight excluding hydrogens is 240 g/mol. The van der Waals surface area contributed by atoms with E-state index in [1.54, 1.807) is 0 Å². The Labute approximate surface area is 104 Å². The number of rotatable bonds is 3. The van der Waals surface area contributed by atoms with Crippen molar-refractivity contribution in [2.75, 3.05) is 5.32 Å². The van der Waals surface area contributed by atoms with Crippen LogP contribution in [0.4, 0.5) is 14.5 Å². The van der Waals surface area contributed by atoms with E-state index in [0.29, 0.717) is 12.0 Å². The van der Waals surface area contributed by atoms with Gasteiger partial charge in [0.2, 0.25) is 0 Å². The molecule has 0 saturated heterocycles. The Morgan fingerprint density at radius 2 is 2.06 bits per heavy atom. The van der Waals surface area contributed by atoms with Gasteiger partial charge in [0.1, 0.15) is 11.6 Å². The quantitative estimate of drug-likeness (QED) is 0.871. The van der Waals surface area contributed by atoms with Gasteiger partial charge >= 0.3 is 5.97 Å². The summed E-state index contributed by atoms with van der Waals surface area (Å²) in [4.78, 5) is 10.8. The number of carboxylic acids is 1. The minimum Gasteiger partial charge on any atom is -0.478 e. The van der Waals surface area contributed by atoms with Gasteiger partial charge in [-0.2, -0.15) is 0 Å². The van der Waals surface area contributed by atoms with Crippen molar-refractivity contribution >= 4 is 11.7 Å². The molecule has 1 fully saturated rings. The van der Waals surface area contributed by atoms with Gasteiger partial charge in [0, 0.05) is 12.1 Å². The second kappa shape index (κ2) is 4.92. The van der Waals surface area contributed by atoms with E-state index in [9.17, 15) is 13.6 Å². The molecule has 1 saturated carbocycles. The van der Waals surface area contributed by atoms with Gasteiger partial charge in [-0.05, 0) is 24.8 Å². The van der Waals surface area contributed by atoms with Gasteiger partial charge in [-0.3, -0.25) is 0 Å². The number of benzene rings is 1. The highest BCUT2D eigenvalue weighted by Gasteiger charge is 2.25. The Balaban J connectivity index is 2.27. The Bertz CT molecular complexity index is 476. The van der Waals surface area contributed by atoms with E-state index in [0.717, 1.165) is 25.3 Å². The maximum absolute atomic E-state index is 13.6. The number of aromatic carboxylic acids is 1. The molecule has 98 valence electrons. The normalized spacial score (nSPS) is 23.1.